The lowest BCUT2D eigenvalue weighted by atomic mass is 10.1. The fourth-order valence-electron chi connectivity index (χ4n) is 2.87. The van der Waals surface area contributed by atoms with Crippen molar-refractivity contribution in [2.45, 2.75) is 33.1 Å². The van der Waals surface area contributed by atoms with Crippen LogP contribution in [0.4, 0.5) is 13.2 Å². The van der Waals surface area contributed by atoms with Gasteiger partial charge in [-0.1, -0.05) is 12.1 Å². The summed E-state index contributed by atoms with van der Waals surface area (Å²) in [5.74, 6) is -0.398. The van der Waals surface area contributed by atoms with Gasteiger partial charge in [-0.25, -0.2) is 4.98 Å². The first-order chi connectivity index (χ1) is 12.2. The first-order valence-electron chi connectivity index (χ1n) is 8.06. The molecule has 3 rings (SSSR count). The van der Waals surface area contributed by atoms with E-state index < -0.39 is 6.36 Å². The van der Waals surface area contributed by atoms with E-state index in [2.05, 4.69) is 9.72 Å². The molecular formula is C19H17F3N2O2. The molecule has 3 aromatic rings. The molecule has 1 aromatic carbocycles. The largest absolute Gasteiger partial charge is 0.573 e. The Balaban J connectivity index is 1.76. The van der Waals surface area contributed by atoms with Crippen LogP contribution in [0.2, 0.25) is 0 Å². The zero-order valence-corrected chi connectivity index (χ0v) is 14.3. The van der Waals surface area contributed by atoms with Crippen molar-refractivity contribution in [2.75, 3.05) is 0 Å². The lowest BCUT2D eigenvalue weighted by Crippen LogP contribution is -2.17. The van der Waals surface area contributed by atoms with Gasteiger partial charge in [-0.2, -0.15) is 0 Å². The van der Waals surface area contributed by atoms with Gasteiger partial charge in [-0.05, 0) is 55.7 Å². The summed E-state index contributed by atoms with van der Waals surface area (Å²) in [5, 5.41) is 0. The summed E-state index contributed by atoms with van der Waals surface area (Å²) in [4.78, 5) is 17.0. The molecule has 2 heterocycles. The Labute approximate surface area is 148 Å². The number of halogens is 3. The van der Waals surface area contributed by atoms with Gasteiger partial charge in [0, 0.05) is 12.6 Å². The number of benzene rings is 1. The number of imidazole rings is 1. The fourth-order valence-corrected chi connectivity index (χ4v) is 2.87. The highest BCUT2D eigenvalue weighted by molar-refractivity contribution is 5.96. The summed E-state index contributed by atoms with van der Waals surface area (Å²) in [7, 11) is 0. The van der Waals surface area contributed by atoms with Crippen molar-refractivity contribution in [3.63, 3.8) is 0 Å². The highest BCUT2D eigenvalue weighted by Crippen LogP contribution is 2.24. The van der Waals surface area contributed by atoms with Gasteiger partial charge in [0.25, 0.3) is 0 Å². The fraction of sp³-hybridized carbons (Fsp3) is 0.263. The molecule has 0 fully saturated rings. The maximum atomic E-state index is 12.6. The normalized spacial score (nSPS) is 11.7. The highest BCUT2D eigenvalue weighted by Gasteiger charge is 2.31. The number of fused-ring (bicyclic) bond motifs is 1. The number of ether oxygens (including phenoxy) is 1. The summed E-state index contributed by atoms with van der Waals surface area (Å²) in [6.07, 6.45) is -2.46. The number of alkyl halides is 3. The maximum Gasteiger partial charge on any atom is 0.573 e. The molecule has 2 aromatic heterocycles. The summed E-state index contributed by atoms with van der Waals surface area (Å²) in [6.45, 7) is 3.72. The lowest BCUT2D eigenvalue weighted by Gasteiger charge is -2.10. The van der Waals surface area contributed by atoms with E-state index in [1.807, 2.05) is 19.1 Å². The quantitative estimate of drug-likeness (QED) is 0.620. The average molecular weight is 362 g/mol. The van der Waals surface area contributed by atoms with E-state index in [1.165, 1.54) is 18.2 Å². The molecular weight excluding hydrogens is 345 g/mol. The van der Waals surface area contributed by atoms with Gasteiger partial charge in [-0.15, -0.1) is 13.2 Å². The van der Waals surface area contributed by atoms with Gasteiger partial charge in [0.1, 0.15) is 17.1 Å². The van der Waals surface area contributed by atoms with Crippen LogP contribution in [0.15, 0.2) is 42.6 Å². The number of aromatic nitrogens is 2. The predicted octanol–water partition coefficient (Wildman–Crippen LogP) is 4.67. The maximum absolute atomic E-state index is 12.6. The van der Waals surface area contributed by atoms with E-state index in [0.29, 0.717) is 29.0 Å². The molecule has 0 unspecified atom stereocenters. The van der Waals surface area contributed by atoms with Crippen LogP contribution in [0.1, 0.15) is 33.7 Å². The summed E-state index contributed by atoms with van der Waals surface area (Å²) >= 11 is 0. The van der Waals surface area contributed by atoms with Crippen LogP contribution < -0.4 is 4.74 Å². The van der Waals surface area contributed by atoms with E-state index in [-0.39, 0.29) is 18.0 Å². The first kappa shape index (κ1) is 18.0. The molecule has 7 heteroatoms. The van der Waals surface area contributed by atoms with E-state index in [4.69, 9.17) is 0 Å². The van der Waals surface area contributed by atoms with E-state index in [1.54, 1.807) is 23.6 Å². The van der Waals surface area contributed by atoms with Crippen LogP contribution in [0.3, 0.4) is 0 Å². The van der Waals surface area contributed by atoms with Crippen molar-refractivity contribution in [1.29, 1.82) is 0 Å². The third-order valence-corrected chi connectivity index (χ3v) is 3.99. The Bertz CT molecular complexity index is 961. The van der Waals surface area contributed by atoms with Crippen LogP contribution in [-0.2, 0) is 6.42 Å². The van der Waals surface area contributed by atoms with Gasteiger partial charge in [0.05, 0.1) is 5.69 Å². The minimum Gasteiger partial charge on any atom is -0.406 e. The van der Waals surface area contributed by atoms with Crippen molar-refractivity contribution in [3.05, 3.63) is 65.1 Å². The molecule has 0 aliphatic rings. The smallest absolute Gasteiger partial charge is 0.406 e. The number of hydrogen-bond acceptors (Lipinski definition) is 3. The van der Waals surface area contributed by atoms with Crippen molar-refractivity contribution >= 4 is 11.4 Å². The van der Waals surface area contributed by atoms with Gasteiger partial charge in [0.2, 0.25) is 0 Å². The number of nitrogens with zero attached hydrogens (tertiary/aromatic N) is 2. The van der Waals surface area contributed by atoms with Gasteiger partial charge >= 0.3 is 6.36 Å². The summed E-state index contributed by atoms with van der Waals surface area (Å²) < 4.78 is 42.6. The minimum atomic E-state index is -4.74. The number of rotatable bonds is 5. The molecule has 0 atom stereocenters. The Morgan fingerprint density at radius 2 is 1.96 bits per heavy atom. The number of carbonyl (C=O) groups excluding carboxylic acids is 1. The van der Waals surface area contributed by atoms with Crippen LogP contribution >= 0.6 is 0 Å². The summed E-state index contributed by atoms with van der Waals surface area (Å²) in [5.41, 5.74) is 3.48. The monoisotopic (exact) mass is 362 g/mol. The van der Waals surface area contributed by atoms with E-state index in [0.717, 1.165) is 5.56 Å². The molecule has 0 amide bonds. The second-order valence-electron chi connectivity index (χ2n) is 6.10. The van der Waals surface area contributed by atoms with Gasteiger partial charge in [-0.3, -0.25) is 9.20 Å². The molecule has 0 N–H and O–H groups in total. The second-order valence-corrected chi connectivity index (χ2v) is 6.10. The standard InChI is InChI=1S/C19H17F3N2O2/c1-12-8-9-24-17(10-12)23-13(2)18(24)16(25)7-6-14-4-3-5-15(11-14)26-19(20,21)22/h3-5,8-11H,6-7H2,1-2H3. The summed E-state index contributed by atoms with van der Waals surface area (Å²) in [6, 6.07) is 9.45. The van der Waals surface area contributed by atoms with Crippen molar-refractivity contribution in [3.8, 4) is 5.75 Å². The zero-order valence-electron chi connectivity index (χ0n) is 14.3. The SMILES string of the molecule is Cc1ccn2c(C(=O)CCc3cccc(OC(F)(F)F)c3)c(C)nc2c1. The van der Waals surface area contributed by atoms with Crippen LogP contribution in [0.25, 0.3) is 5.65 Å². The van der Waals surface area contributed by atoms with Gasteiger partial charge in [0.15, 0.2) is 5.78 Å². The Morgan fingerprint density at radius 1 is 1.19 bits per heavy atom. The molecule has 136 valence electrons. The minimum absolute atomic E-state index is 0.110. The van der Waals surface area contributed by atoms with Crippen molar-refractivity contribution in [1.82, 2.24) is 9.38 Å². The third kappa shape index (κ3) is 4.04. The average Bonchev–Trinajstić information content (AvgIpc) is 2.86. The molecule has 0 saturated heterocycles. The van der Waals surface area contributed by atoms with Crippen LogP contribution in [-0.4, -0.2) is 21.5 Å². The Kier molecular flexibility index (Phi) is 4.71. The zero-order chi connectivity index (χ0) is 18.9. The van der Waals surface area contributed by atoms with Crippen LogP contribution in [0.5, 0.6) is 5.75 Å². The molecule has 0 saturated carbocycles. The number of ketones is 1. The highest BCUT2D eigenvalue weighted by atomic mass is 19.4. The molecule has 0 aliphatic heterocycles. The lowest BCUT2D eigenvalue weighted by molar-refractivity contribution is -0.274. The number of hydrogen-bond donors (Lipinski definition) is 0. The number of aryl methyl sites for hydroxylation is 3. The van der Waals surface area contributed by atoms with Crippen molar-refractivity contribution < 1.29 is 22.7 Å². The molecule has 0 radical (unpaired) electrons. The first-order valence-corrected chi connectivity index (χ1v) is 8.06. The third-order valence-electron chi connectivity index (χ3n) is 3.99. The Morgan fingerprint density at radius 3 is 2.69 bits per heavy atom. The molecule has 26 heavy (non-hydrogen) atoms. The molecule has 4 nitrogen and oxygen atoms in total. The number of Topliss-reactive ketones (excluding diaryl/α,β-unsaturated/α-hetero) is 1. The topological polar surface area (TPSA) is 43.6 Å². The number of carbonyl (C=O) groups is 1. The van der Waals surface area contributed by atoms with Crippen LogP contribution in [0, 0.1) is 13.8 Å². The molecule has 0 aliphatic carbocycles. The second kappa shape index (κ2) is 6.82. The predicted molar refractivity (Wildman–Crippen MR) is 90.4 cm³/mol. The van der Waals surface area contributed by atoms with Crippen molar-refractivity contribution in [2.24, 2.45) is 0 Å². The Hall–Kier alpha value is -2.83. The molecule has 0 spiro atoms. The van der Waals surface area contributed by atoms with E-state index >= 15 is 0 Å². The van der Waals surface area contributed by atoms with E-state index in [9.17, 15) is 18.0 Å². The molecule has 0 bridgehead atoms. The van der Waals surface area contributed by atoms with Gasteiger partial charge < -0.3 is 4.74 Å². The number of pyridine rings is 1.